The second kappa shape index (κ2) is 7.65. The first-order valence-electron chi connectivity index (χ1n) is 8.65. The molecule has 2 aliphatic heterocycles. The van der Waals surface area contributed by atoms with Crippen molar-refractivity contribution < 1.29 is 21.9 Å². The molecular formula is C17H24F2N2O3S. The molecule has 0 bridgehead atoms. The van der Waals surface area contributed by atoms with E-state index in [-0.39, 0.29) is 17.1 Å². The van der Waals surface area contributed by atoms with Gasteiger partial charge in [0.1, 0.15) is 11.6 Å². The maximum absolute atomic E-state index is 13.3. The van der Waals surface area contributed by atoms with Crippen LogP contribution in [0.5, 0.6) is 0 Å². The lowest BCUT2D eigenvalue weighted by Gasteiger charge is -2.35. The number of sulfonamides is 1. The van der Waals surface area contributed by atoms with Gasteiger partial charge in [0.15, 0.2) is 0 Å². The molecule has 0 spiro atoms. The fraction of sp³-hybridized carbons (Fsp3) is 0.647. The third-order valence-corrected chi connectivity index (χ3v) is 6.80. The molecule has 5 nitrogen and oxygen atoms in total. The van der Waals surface area contributed by atoms with Gasteiger partial charge in [-0.2, -0.15) is 4.31 Å². The van der Waals surface area contributed by atoms with E-state index in [1.54, 1.807) is 0 Å². The van der Waals surface area contributed by atoms with E-state index in [2.05, 4.69) is 11.9 Å². The van der Waals surface area contributed by atoms with Gasteiger partial charge in [0, 0.05) is 32.2 Å². The lowest BCUT2D eigenvalue weighted by atomic mass is 10.1. The smallest absolute Gasteiger partial charge is 0.243 e. The highest BCUT2D eigenvalue weighted by atomic mass is 32.2. The minimum absolute atomic E-state index is 0.0455. The predicted molar refractivity (Wildman–Crippen MR) is 89.7 cm³/mol. The van der Waals surface area contributed by atoms with Crippen LogP contribution in [0.1, 0.15) is 25.7 Å². The van der Waals surface area contributed by atoms with Crippen LogP contribution in [0, 0.1) is 11.6 Å². The Bertz CT molecular complexity index is 678. The van der Waals surface area contributed by atoms with Crippen LogP contribution in [0.3, 0.4) is 0 Å². The summed E-state index contributed by atoms with van der Waals surface area (Å²) < 4.78 is 59.2. The maximum atomic E-state index is 13.3. The van der Waals surface area contributed by atoms with Gasteiger partial charge < -0.3 is 9.64 Å². The number of rotatable bonds is 4. The summed E-state index contributed by atoms with van der Waals surface area (Å²) in [4.78, 5) is 1.94. The fourth-order valence-corrected chi connectivity index (χ4v) is 4.94. The van der Waals surface area contributed by atoms with Crippen molar-refractivity contribution >= 4 is 10.0 Å². The van der Waals surface area contributed by atoms with Crippen LogP contribution in [-0.4, -0.2) is 63.1 Å². The Morgan fingerprint density at radius 1 is 0.920 bits per heavy atom. The second-order valence-corrected chi connectivity index (χ2v) is 8.79. The van der Waals surface area contributed by atoms with Crippen LogP contribution >= 0.6 is 0 Å². The van der Waals surface area contributed by atoms with Crippen molar-refractivity contribution in [3.63, 3.8) is 0 Å². The minimum atomic E-state index is -3.88. The Balaban J connectivity index is 1.58. The molecular weight excluding hydrogens is 350 g/mol. The number of hydrogen-bond donors (Lipinski definition) is 0. The molecule has 0 N–H and O–H groups in total. The van der Waals surface area contributed by atoms with E-state index in [9.17, 15) is 17.2 Å². The van der Waals surface area contributed by atoms with E-state index in [1.165, 1.54) is 4.31 Å². The molecule has 2 saturated heterocycles. The van der Waals surface area contributed by atoms with Gasteiger partial charge in [-0.15, -0.1) is 0 Å². The van der Waals surface area contributed by atoms with Gasteiger partial charge >= 0.3 is 0 Å². The highest BCUT2D eigenvalue weighted by molar-refractivity contribution is 7.89. The zero-order valence-corrected chi connectivity index (χ0v) is 15.1. The van der Waals surface area contributed by atoms with Crippen LogP contribution in [0.2, 0.25) is 0 Å². The predicted octanol–water partition coefficient (Wildman–Crippen LogP) is 2.23. The summed E-state index contributed by atoms with van der Waals surface area (Å²) in [6.45, 7) is 2.64. The normalized spacial score (nSPS) is 22.4. The highest BCUT2D eigenvalue weighted by Crippen LogP contribution is 2.25. The van der Waals surface area contributed by atoms with Crippen LogP contribution in [0.15, 0.2) is 23.1 Å². The second-order valence-electron chi connectivity index (χ2n) is 6.85. The van der Waals surface area contributed by atoms with Crippen LogP contribution in [0.25, 0.3) is 0 Å². The third kappa shape index (κ3) is 4.55. The number of piperidine rings is 2. The molecule has 0 amide bonds. The first kappa shape index (κ1) is 18.7. The Morgan fingerprint density at radius 3 is 1.92 bits per heavy atom. The average molecular weight is 374 g/mol. The van der Waals surface area contributed by atoms with E-state index in [1.807, 2.05) is 0 Å². The van der Waals surface area contributed by atoms with Crippen molar-refractivity contribution in [3.8, 4) is 0 Å². The molecule has 3 rings (SSSR count). The molecule has 140 valence electrons. The molecule has 0 atom stereocenters. The molecule has 8 heteroatoms. The van der Waals surface area contributed by atoms with Crippen LogP contribution in [-0.2, 0) is 14.8 Å². The molecule has 2 aliphatic rings. The number of ether oxygens (including phenoxy) is 1. The van der Waals surface area contributed by atoms with E-state index < -0.39 is 21.7 Å². The van der Waals surface area contributed by atoms with Crippen molar-refractivity contribution in [2.45, 2.75) is 42.8 Å². The van der Waals surface area contributed by atoms with E-state index in [0.717, 1.165) is 38.1 Å². The Labute approximate surface area is 147 Å². The largest absolute Gasteiger partial charge is 0.375 e. The van der Waals surface area contributed by atoms with Gasteiger partial charge in [-0.1, -0.05) is 0 Å². The zero-order valence-electron chi connectivity index (χ0n) is 14.3. The fourth-order valence-electron chi connectivity index (χ4n) is 3.43. The molecule has 1 aromatic rings. The monoisotopic (exact) mass is 374 g/mol. The third-order valence-electron chi connectivity index (χ3n) is 4.93. The Kier molecular flexibility index (Phi) is 5.72. The van der Waals surface area contributed by atoms with Gasteiger partial charge in [0.05, 0.1) is 17.1 Å². The van der Waals surface area contributed by atoms with Crippen LogP contribution in [0.4, 0.5) is 8.78 Å². The number of nitrogens with zero attached hydrogens (tertiary/aromatic N) is 2. The molecule has 25 heavy (non-hydrogen) atoms. The van der Waals surface area contributed by atoms with Gasteiger partial charge in [0.25, 0.3) is 0 Å². The molecule has 0 aliphatic carbocycles. The lowest BCUT2D eigenvalue weighted by Crippen LogP contribution is -2.43. The molecule has 0 saturated carbocycles. The lowest BCUT2D eigenvalue weighted by molar-refractivity contribution is -0.0564. The topological polar surface area (TPSA) is 49.9 Å². The summed E-state index contributed by atoms with van der Waals surface area (Å²) >= 11 is 0. The number of benzene rings is 1. The molecule has 0 aromatic heterocycles. The van der Waals surface area contributed by atoms with Gasteiger partial charge in [0.2, 0.25) is 10.0 Å². The molecule has 2 fully saturated rings. The van der Waals surface area contributed by atoms with Crippen molar-refractivity contribution in [1.29, 1.82) is 0 Å². The first-order chi connectivity index (χ1) is 11.8. The minimum Gasteiger partial charge on any atom is -0.375 e. The zero-order chi connectivity index (χ0) is 18.0. The summed E-state index contributed by atoms with van der Waals surface area (Å²) in [6, 6.07) is 2.39. The summed E-state index contributed by atoms with van der Waals surface area (Å²) in [7, 11) is -1.79. The van der Waals surface area contributed by atoms with Crippen molar-refractivity contribution in [3.05, 3.63) is 29.8 Å². The summed E-state index contributed by atoms with van der Waals surface area (Å²) in [5, 5.41) is 0. The number of hydrogen-bond acceptors (Lipinski definition) is 4. The number of likely N-dealkylation sites (tertiary alicyclic amines) is 1. The van der Waals surface area contributed by atoms with E-state index >= 15 is 0 Å². The standard InChI is InChI=1S/C17H24F2N2O3S/c1-20-6-2-15(3-7-20)24-16-4-8-21(9-5-16)25(22,23)17-11-13(18)10-14(19)12-17/h10-12,15-16H,2-9H2,1H3. The van der Waals surface area contributed by atoms with Crippen molar-refractivity contribution in [2.24, 2.45) is 0 Å². The molecule has 0 radical (unpaired) electrons. The maximum Gasteiger partial charge on any atom is 0.243 e. The Hall–Kier alpha value is -1.09. The molecule has 2 heterocycles. The van der Waals surface area contributed by atoms with E-state index in [0.29, 0.717) is 32.0 Å². The number of halogens is 2. The molecule has 0 unspecified atom stereocenters. The molecule has 1 aromatic carbocycles. The SMILES string of the molecule is CN1CCC(OC2CCN(S(=O)(=O)c3cc(F)cc(F)c3)CC2)CC1. The van der Waals surface area contributed by atoms with Crippen molar-refractivity contribution in [1.82, 2.24) is 9.21 Å². The van der Waals surface area contributed by atoms with Gasteiger partial charge in [-0.25, -0.2) is 17.2 Å². The highest BCUT2D eigenvalue weighted by Gasteiger charge is 2.31. The summed E-state index contributed by atoms with van der Waals surface area (Å²) in [5.41, 5.74) is 0. The van der Waals surface area contributed by atoms with Gasteiger partial charge in [-0.3, -0.25) is 0 Å². The average Bonchev–Trinajstić information content (AvgIpc) is 2.57. The van der Waals surface area contributed by atoms with Crippen LogP contribution < -0.4 is 0 Å². The summed E-state index contributed by atoms with van der Waals surface area (Å²) in [6.07, 6.45) is 3.48. The Morgan fingerprint density at radius 2 is 1.40 bits per heavy atom. The first-order valence-corrected chi connectivity index (χ1v) is 10.1. The van der Waals surface area contributed by atoms with E-state index in [4.69, 9.17) is 4.74 Å². The summed E-state index contributed by atoms with van der Waals surface area (Å²) in [5.74, 6) is -1.78. The van der Waals surface area contributed by atoms with Gasteiger partial charge in [-0.05, 0) is 44.9 Å². The van der Waals surface area contributed by atoms with Crippen molar-refractivity contribution in [2.75, 3.05) is 33.2 Å². The quantitative estimate of drug-likeness (QED) is 0.811.